The summed E-state index contributed by atoms with van der Waals surface area (Å²) in [5.74, 6) is -3.52. The first-order chi connectivity index (χ1) is 17.5. The Morgan fingerprint density at radius 3 is 2.49 bits per heavy atom. The van der Waals surface area contributed by atoms with E-state index in [2.05, 4.69) is 25.7 Å². The SMILES string of the molecule is CCc1nocc1C(C(=O)NC(C)CC)N(Cc1ccc(C(C)(F)F)cc1)C(=O)CCc1n[nH]c(=O)[nH]1. The summed E-state index contributed by atoms with van der Waals surface area (Å²) in [6.07, 6.45) is 2.56. The first-order valence-corrected chi connectivity index (χ1v) is 12.2. The van der Waals surface area contributed by atoms with Gasteiger partial charge >= 0.3 is 5.69 Å². The predicted octanol–water partition coefficient (Wildman–Crippen LogP) is 3.38. The summed E-state index contributed by atoms with van der Waals surface area (Å²) >= 11 is 0. The predicted molar refractivity (Wildman–Crippen MR) is 131 cm³/mol. The van der Waals surface area contributed by atoms with Crippen molar-refractivity contribution in [2.75, 3.05) is 0 Å². The highest BCUT2D eigenvalue weighted by Crippen LogP contribution is 2.30. The van der Waals surface area contributed by atoms with Gasteiger partial charge in [-0.1, -0.05) is 43.3 Å². The summed E-state index contributed by atoms with van der Waals surface area (Å²) in [5, 5.41) is 13.0. The standard InChI is InChI=1S/C25H32F2N6O4/c1-5-15(3)28-23(35)22(18-14-37-32-19(18)6-2)33(21(34)12-11-20-29-24(36)31-30-20)13-16-7-9-17(10-8-16)25(4,26)27/h7-10,14-15,22H,5-6,11-13H2,1-4H3,(H,28,35)(H2,29,30,31,36). The van der Waals surface area contributed by atoms with E-state index in [4.69, 9.17) is 4.52 Å². The lowest BCUT2D eigenvalue weighted by molar-refractivity contribution is -0.142. The molecule has 0 aliphatic heterocycles. The van der Waals surface area contributed by atoms with Gasteiger partial charge in [-0.05, 0) is 25.3 Å². The van der Waals surface area contributed by atoms with Crippen LogP contribution >= 0.6 is 0 Å². The summed E-state index contributed by atoms with van der Waals surface area (Å²) in [6.45, 7) is 6.42. The van der Waals surface area contributed by atoms with Gasteiger partial charge in [0.15, 0.2) is 0 Å². The molecule has 10 nitrogen and oxygen atoms in total. The zero-order chi connectivity index (χ0) is 27.2. The van der Waals surface area contributed by atoms with E-state index in [1.165, 1.54) is 35.4 Å². The van der Waals surface area contributed by atoms with Crippen LogP contribution in [0.25, 0.3) is 0 Å². The first kappa shape index (κ1) is 27.8. The Bertz CT molecular complexity index is 1240. The van der Waals surface area contributed by atoms with Crippen molar-refractivity contribution in [1.82, 2.24) is 30.6 Å². The van der Waals surface area contributed by atoms with Crippen LogP contribution < -0.4 is 11.0 Å². The molecule has 3 N–H and O–H groups in total. The number of nitrogens with one attached hydrogen (secondary N) is 3. The third kappa shape index (κ3) is 7.11. The number of amides is 2. The molecule has 2 amide bonds. The lowest BCUT2D eigenvalue weighted by Crippen LogP contribution is -2.46. The Morgan fingerprint density at radius 2 is 1.92 bits per heavy atom. The Morgan fingerprint density at radius 1 is 1.22 bits per heavy atom. The van der Waals surface area contributed by atoms with Crippen LogP contribution in [0, 0.1) is 0 Å². The molecule has 200 valence electrons. The van der Waals surface area contributed by atoms with Crippen LogP contribution in [-0.2, 0) is 34.9 Å². The number of H-pyrrole nitrogens is 2. The fourth-order valence-electron chi connectivity index (χ4n) is 3.85. The molecule has 3 rings (SSSR count). The molecule has 0 radical (unpaired) electrons. The Kier molecular flexibility index (Phi) is 8.95. The second-order valence-electron chi connectivity index (χ2n) is 9.02. The van der Waals surface area contributed by atoms with Gasteiger partial charge in [0.25, 0.3) is 5.92 Å². The highest BCUT2D eigenvalue weighted by Gasteiger charge is 2.35. The average molecular weight is 519 g/mol. The number of carbonyl (C=O) groups is 2. The van der Waals surface area contributed by atoms with Crippen molar-refractivity contribution in [2.45, 2.75) is 77.9 Å². The van der Waals surface area contributed by atoms with Crippen molar-refractivity contribution < 1.29 is 22.9 Å². The van der Waals surface area contributed by atoms with E-state index in [-0.39, 0.29) is 31.0 Å². The quantitative estimate of drug-likeness (QED) is 0.336. The van der Waals surface area contributed by atoms with Gasteiger partial charge in [0.05, 0.1) is 5.69 Å². The van der Waals surface area contributed by atoms with Crippen LogP contribution in [0.5, 0.6) is 0 Å². The molecule has 0 aliphatic carbocycles. The van der Waals surface area contributed by atoms with Crippen LogP contribution in [0.15, 0.2) is 39.8 Å². The third-order valence-corrected chi connectivity index (χ3v) is 6.13. The fraction of sp³-hybridized carbons (Fsp3) is 0.480. The highest BCUT2D eigenvalue weighted by molar-refractivity contribution is 5.89. The van der Waals surface area contributed by atoms with Gasteiger partial charge in [-0.15, -0.1) is 0 Å². The van der Waals surface area contributed by atoms with E-state index in [1.807, 2.05) is 20.8 Å². The topological polar surface area (TPSA) is 137 Å². The molecule has 3 aromatic rings. The Hall–Kier alpha value is -3.83. The number of aromatic amines is 2. The molecule has 0 saturated heterocycles. The maximum absolute atomic E-state index is 13.7. The van der Waals surface area contributed by atoms with Gasteiger partial charge in [0, 0.05) is 43.5 Å². The normalized spacial score (nSPS) is 13.2. The van der Waals surface area contributed by atoms with E-state index in [1.54, 1.807) is 0 Å². The van der Waals surface area contributed by atoms with Gasteiger partial charge in [-0.3, -0.25) is 14.6 Å². The molecule has 2 unspecified atom stereocenters. The van der Waals surface area contributed by atoms with E-state index >= 15 is 0 Å². The van der Waals surface area contributed by atoms with Crippen LogP contribution in [0.1, 0.15) is 74.8 Å². The number of benzene rings is 1. The maximum atomic E-state index is 13.7. The van der Waals surface area contributed by atoms with Crippen molar-refractivity contribution in [3.8, 4) is 0 Å². The van der Waals surface area contributed by atoms with Crippen LogP contribution in [0.2, 0.25) is 0 Å². The lowest BCUT2D eigenvalue weighted by Gasteiger charge is -2.32. The molecule has 2 heterocycles. The van der Waals surface area contributed by atoms with Crippen molar-refractivity contribution in [2.24, 2.45) is 0 Å². The van der Waals surface area contributed by atoms with Crippen LogP contribution in [0.3, 0.4) is 0 Å². The van der Waals surface area contributed by atoms with E-state index < -0.39 is 29.5 Å². The molecule has 2 aromatic heterocycles. The monoisotopic (exact) mass is 518 g/mol. The Balaban J connectivity index is 1.99. The zero-order valence-corrected chi connectivity index (χ0v) is 21.3. The molecular weight excluding hydrogens is 486 g/mol. The maximum Gasteiger partial charge on any atom is 0.340 e. The van der Waals surface area contributed by atoms with E-state index in [9.17, 15) is 23.2 Å². The van der Waals surface area contributed by atoms with E-state index in [0.29, 0.717) is 35.5 Å². The third-order valence-electron chi connectivity index (χ3n) is 6.13. The number of alkyl halides is 2. The van der Waals surface area contributed by atoms with Crippen molar-refractivity contribution in [3.05, 3.63) is 69.2 Å². The largest absolute Gasteiger partial charge is 0.364 e. The number of aromatic nitrogens is 4. The summed E-state index contributed by atoms with van der Waals surface area (Å²) in [5.41, 5.74) is 0.886. The first-order valence-electron chi connectivity index (χ1n) is 12.2. The van der Waals surface area contributed by atoms with Crippen LogP contribution in [0.4, 0.5) is 8.78 Å². The number of halogens is 2. The molecule has 2 atom stereocenters. The molecule has 0 bridgehead atoms. The number of nitrogens with zero attached hydrogens (tertiary/aromatic N) is 3. The molecular formula is C25H32F2N6O4. The number of hydrogen-bond acceptors (Lipinski definition) is 6. The van der Waals surface area contributed by atoms with Gasteiger partial charge in [-0.2, -0.15) is 5.10 Å². The average Bonchev–Trinajstić information content (AvgIpc) is 3.50. The number of carbonyl (C=O) groups excluding carboxylic acids is 2. The zero-order valence-electron chi connectivity index (χ0n) is 21.3. The van der Waals surface area contributed by atoms with Gasteiger partial charge in [0.2, 0.25) is 11.8 Å². The number of aryl methyl sites for hydroxylation is 2. The van der Waals surface area contributed by atoms with Gasteiger partial charge in [-0.25, -0.2) is 18.7 Å². The minimum absolute atomic E-state index is 0.0294. The summed E-state index contributed by atoms with van der Waals surface area (Å²) in [4.78, 5) is 42.4. The van der Waals surface area contributed by atoms with Crippen molar-refractivity contribution >= 4 is 11.8 Å². The minimum atomic E-state index is -3.01. The minimum Gasteiger partial charge on any atom is -0.364 e. The summed E-state index contributed by atoms with van der Waals surface area (Å²) in [7, 11) is 0. The van der Waals surface area contributed by atoms with Crippen molar-refractivity contribution in [3.63, 3.8) is 0 Å². The van der Waals surface area contributed by atoms with Crippen LogP contribution in [-0.4, -0.2) is 43.1 Å². The molecule has 0 spiro atoms. The second-order valence-corrected chi connectivity index (χ2v) is 9.02. The molecule has 0 fully saturated rings. The Labute approximate surface area is 212 Å². The highest BCUT2D eigenvalue weighted by atomic mass is 19.3. The van der Waals surface area contributed by atoms with Gasteiger partial charge < -0.3 is 14.7 Å². The molecule has 0 saturated carbocycles. The molecule has 12 heteroatoms. The number of rotatable bonds is 12. The molecule has 37 heavy (non-hydrogen) atoms. The molecule has 1 aromatic carbocycles. The van der Waals surface area contributed by atoms with E-state index in [0.717, 1.165) is 6.92 Å². The molecule has 0 aliphatic rings. The number of hydrogen-bond donors (Lipinski definition) is 3. The van der Waals surface area contributed by atoms with Gasteiger partial charge in [0.1, 0.15) is 18.1 Å². The second kappa shape index (κ2) is 11.9. The summed E-state index contributed by atoms with van der Waals surface area (Å²) in [6, 6.07) is 4.40. The smallest absolute Gasteiger partial charge is 0.340 e. The lowest BCUT2D eigenvalue weighted by atomic mass is 10.0. The summed E-state index contributed by atoms with van der Waals surface area (Å²) < 4.78 is 32.6. The fourth-order valence-corrected chi connectivity index (χ4v) is 3.85. The van der Waals surface area contributed by atoms with Crippen molar-refractivity contribution in [1.29, 1.82) is 0 Å².